The maximum absolute atomic E-state index is 11.8. The largest absolute Gasteiger partial charge is 0.398 e. The van der Waals surface area contributed by atoms with Crippen molar-refractivity contribution in [1.82, 2.24) is 0 Å². The molecular weight excluding hydrogens is 250 g/mol. The van der Waals surface area contributed by atoms with E-state index in [1.165, 1.54) is 0 Å². The van der Waals surface area contributed by atoms with Gasteiger partial charge in [0.1, 0.15) is 0 Å². The third-order valence-electron chi connectivity index (χ3n) is 1.85. The lowest BCUT2D eigenvalue weighted by atomic mass is 10.3. The highest BCUT2D eigenvalue weighted by Crippen LogP contribution is 2.21. The van der Waals surface area contributed by atoms with E-state index in [1.54, 1.807) is 30.0 Å². The van der Waals surface area contributed by atoms with Gasteiger partial charge in [-0.3, -0.25) is 4.21 Å². The van der Waals surface area contributed by atoms with E-state index in [9.17, 15) is 4.21 Å². The van der Waals surface area contributed by atoms with Crippen molar-refractivity contribution in [1.29, 1.82) is 0 Å². The molecule has 0 amide bonds. The monoisotopic (exact) mass is 263 g/mol. The van der Waals surface area contributed by atoms with Gasteiger partial charge < -0.3 is 5.73 Å². The second kappa shape index (κ2) is 6.40. The molecular formula is C10H14ClNOS2. The van der Waals surface area contributed by atoms with Crippen LogP contribution in [0.3, 0.4) is 0 Å². The van der Waals surface area contributed by atoms with Crippen LogP contribution < -0.4 is 5.73 Å². The minimum absolute atomic E-state index is 0.476. The van der Waals surface area contributed by atoms with Crippen molar-refractivity contribution in [2.75, 3.05) is 23.0 Å². The zero-order valence-electron chi connectivity index (χ0n) is 8.53. The van der Waals surface area contributed by atoms with Gasteiger partial charge in [0.25, 0.3) is 0 Å². The normalized spacial score (nSPS) is 12.7. The van der Waals surface area contributed by atoms with Gasteiger partial charge in [-0.1, -0.05) is 18.5 Å². The number of hydrogen-bond acceptors (Lipinski definition) is 3. The average molecular weight is 264 g/mol. The van der Waals surface area contributed by atoms with Gasteiger partial charge in [-0.15, -0.1) is 0 Å². The molecule has 5 heteroatoms. The van der Waals surface area contributed by atoms with E-state index < -0.39 is 10.8 Å². The van der Waals surface area contributed by atoms with Crippen molar-refractivity contribution in [3.8, 4) is 0 Å². The Bertz CT molecular complexity index is 357. The van der Waals surface area contributed by atoms with Gasteiger partial charge in [-0.25, -0.2) is 0 Å². The van der Waals surface area contributed by atoms with Crippen molar-refractivity contribution in [3.05, 3.63) is 23.2 Å². The number of rotatable bonds is 5. The van der Waals surface area contributed by atoms with Gasteiger partial charge in [-0.05, 0) is 24.0 Å². The Labute approximate surface area is 102 Å². The highest BCUT2D eigenvalue weighted by molar-refractivity contribution is 8.00. The van der Waals surface area contributed by atoms with E-state index in [0.29, 0.717) is 16.5 Å². The number of anilines is 1. The van der Waals surface area contributed by atoms with Gasteiger partial charge in [-0.2, -0.15) is 11.8 Å². The number of thioether (sulfide) groups is 1. The molecule has 1 aromatic carbocycles. The zero-order chi connectivity index (χ0) is 11.3. The number of nitrogen functional groups attached to an aromatic ring is 1. The smallest absolute Gasteiger partial charge is 0.0647 e. The minimum Gasteiger partial charge on any atom is -0.398 e. The molecule has 2 N–H and O–H groups in total. The lowest BCUT2D eigenvalue weighted by Crippen LogP contribution is -2.01. The average Bonchev–Trinajstić information content (AvgIpc) is 2.22. The fourth-order valence-electron chi connectivity index (χ4n) is 1.05. The quantitative estimate of drug-likeness (QED) is 0.656. The molecule has 0 saturated heterocycles. The fraction of sp³-hybridized carbons (Fsp3) is 0.400. The first-order valence-corrected chi connectivity index (χ1v) is 7.51. The molecule has 0 fully saturated rings. The van der Waals surface area contributed by atoms with Crippen molar-refractivity contribution in [2.24, 2.45) is 0 Å². The molecule has 1 rings (SSSR count). The van der Waals surface area contributed by atoms with Crippen LogP contribution in [0.5, 0.6) is 0 Å². The van der Waals surface area contributed by atoms with E-state index in [1.807, 2.05) is 0 Å². The Balaban J connectivity index is 2.62. The summed E-state index contributed by atoms with van der Waals surface area (Å²) < 4.78 is 11.8. The molecule has 1 atom stereocenters. The van der Waals surface area contributed by atoms with E-state index in [4.69, 9.17) is 17.3 Å². The van der Waals surface area contributed by atoms with Gasteiger partial charge in [0, 0.05) is 16.4 Å². The SMILES string of the molecule is CCSCCS(=O)c1ccc(N)c(Cl)c1. The Morgan fingerprint density at radius 2 is 2.27 bits per heavy atom. The van der Waals surface area contributed by atoms with E-state index in [2.05, 4.69) is 6.92 Å². The fourth-order valence-corrected chi connectivity index (χ4v) is 3.36. The molecule has 0 heterocycles. The summed E-state index contributed by atoms with van der Waals surface area (Å²) in [5, 5.41) is 0.476. The molecule has 0 spiro atoms. The van der Waals surface area contributed by atoms with Crippen LogP contribution in [0.15, 0.2) is 23.1 Å². The molecule has 2 nitrogen and oxygen atoms in total. The summed E-state index contributed by atoms with van der Waals surface area (Å²) in [5.74, 6) is 2.63. The van der Waals surface area contributed by atoms with Crippen LogP contribution >= 0.6 is 23.4 Å². The maximum atomic E-state index is 11.8. The van der Waals surface area contributed by atoms with Crippen LogP contribution in [0.25, 0.3) is 0 Å². The molecule has 0 aliphatic carbocycles. The summed E-state index contributed by atoms with van der Waals surface area (Å²) in [7, 11) is -0.964. The predicted octanol–water partition coefficient (Wildman–Crippen LogP) is 2.78. The van der Waals surface area contributed by atoms with E-state index >= 15 is 0 Å². The predicted molar refractivity (Wildman–Crippen MR) is 70.1 cm³/mol. The van der Waals surface area contributed by atoms with E-state index in [0.717, 1.165) is 16.4 Å². The number of hydrogen-bond donors (Lipinski definition) is 1. The summed E-state index contributed by atoms with van der Waals surface area (Å²) in [6.07, 6.45) is 0. The number of halogens is 1. The third kappa shape index (κ3) is 4.05. The van der Waals surface area contributed by atoms with E-state index in [-0.39, 0.29) is 0 Å². The minimum atomic E-state index is -0.964. The van der Waals surface area contributed by atoms with Crippen molar-refractivity contribution in [2.45, 2.75) is 11.8 Å². The summed E-state index contributed by atoms with van der Waals surface area (Å²) in [6, 6.07) is 5.15. The Morgan fingerprint density at radius 1 is 1.53 bits per heavy atom. The van der Waals surface area contributed by atoms with Gasteiger partial charge >= 0.3 is 0 Å². The lowest BCUT2D eigenvalue weighted by Gasteiger charge is -2.03. The topological polar surface area (TPSA) is 43.1 Å². The van der Waals surface area contributed by atoms with Gasteiger partial charge in [0.05, 0.1) is 21.5 Å². The molecule has 84 valence electrons. The Hall–Kier alpha value is -0.190. The molecule has 0 radical (unpaired) electrons. The number of benzene rings is 1. The van der Waals surface area contributed by atoms with Crippen LogP contribution in [0, 0.1) is 0 Å². The highest BCUT2D eigenvalue weighted by Gasteiger charge is 2.05. The molecule has 0 aromatic heterocycles. The maximum Gasteiger partial charge on any atom is 0.0647 e. The van der Waals surface area contributed by atoms with Crippen LogP contribution in [-0.2, 0) is 10.8 Å². The second-order valence-corrected chi connectivity index (χ2v) is 6.30. The summed E-state index contributed by atoms with van der Waals surface area (Å²) >= 11 is 7.64. The molecule has 0 aliphatic rings. The molecule has 1 unspecified atom stereocenters. The lowest BCUT2D eigenvalue weighted by molar-refractivity contribution is 0.684. The first-order valence-electron chi connectivity index (χ1n) is 4.66. The summed E-state index contributed by atoms with van der Waals surface area (Å²) in [5.41, 5.74) is 6.10. The Morgan fingerprint density at radius 3 is 2.87 bits per heavy atom. The van der Waals surface area contributed by atoms with Crippen molar-refractivity contribution in [3.63, 3.8) is 0 Å². The van der Waals surface area contributed by atoms with Crippen LogP contribution in [0.2, 0.25) is 5.02 Å². The van der Waals surface area contributed by atoms with Gasteiger partial charge in [0.2, 0.25) is 0 Å². The molecule has 0 aliphatic heterocycles. The molecule has 0 saturated carbocycles. The zero-order valence-corrected chi connectivity index (χ0v) is 10.9. The summed E-state index contributed by atoms with van der Waals surface area (Å²) in [6.45, 7) is 2.09. The molecule has 0 bridgehead atoms. The molecule has 1 aromatic rings. The number of nitrogens with two attached hydrogens (primary N) is 1. The van der Waals surface area contributed by atoms with Crippen molar-refractivity contribution >= 4 is 39.8 Å². The molecule has 15 heavy (non-hydrogen) atoms. The van der Waals surface area contributed by atoms with Crippen molar-refractivity contribution < 1.29 is 4.21 Å². The van der Waals surface area contributed by atoms with Crippen LogP contribution in [-0.4, -0.2) is 21.5 Å². The third-order valence-corrected chi connectivity index (χ3v) is 4.69. The standard InChI is InChI=1S/C10H14ClNOS2/c1-2-14-5-6-15(13)8-3-4-10(12)9(11)7-8/h3-4,7H,2,5-6,12H2,1H3. The Kier molecular flexibility index (Phi) is 5.50. The van der Waals surface area contributed by atoms with Crippen LogP contribution in [0.4, 0.5) is 5.69 Å². The van der Waals surface area contributed by atoms with Crippen LogP contribution in [0.1, 0.15) is 6.92 Å². The first kappa shape index (κ1) is 12.9. The van der Waals surface area contributed by atoms with Gasteiger partial charge in [0.15, 0.2) is 0 Å². The summed E-state index contributed by atoms with van der Waals surface area (Å²) in [4.78, 5) is 0.755. The highest BCUT2D eigenvalue weighted by atomic mass is 35.5. The second-order valence-electron chi connectivity index (χ2n) is 2.93. The first-order chi connectivity index (χ1) is 7.15.